The predicted octanol–water partition coefficient (Wildman–Crippen LogP) is 2.67. The number of ether oxygens (including phenoxy) is 1. The van der Waals surface area contributed by atoms with Crippen molar-refractivity contribution < 1.29 is 17.9 Å². The monoisotopic (exact) mass is 456 g/mol. The van der Waals surface area contributed by atoms with Gasteiger partial charge in [0.15, 0.2) is 9.84 Å². The van der Waals surface area contributed by atoms with Crippen LogP contribution in [0.2, 0.25) is 0 Å². The van der Waals surface area contributed by atoms with Crippen LogP contribution in [0.5, 0.6) is 5.75 Å². The van der Waals surface area contributed by atoms with Crippen LogP contribution in [0, 0.1) is 0 Å². The Hall–Kier alpha value is -3.17. The number of carbonyl (C=O) groups is 1. The van der Waals surface area contributed by atoms with E-state index < -0.39 is 9.84 Å². The van der Waals surface area contributed by atoms with E-state index in [4.69, 9.17) is 4.74 Å². The molecule has 0 unspecified atom stereocenters. The van der Waals surface area contributed by atoms with E-state index in [-0.39, 0.29) is 17.3 Å². The fraction of sp³-hybridized carbons (Fsp3) is 0.304. The number of hydrogen-bond donors (Lipinski definition) is 1. The molecule has 1 heterocycles. The Morgan fingerprint density at radius 2 is 1.91 bits per heavy atom. The number of hydrogen-bond acceptors (Lipinski definition) is 6. The van der Waals surface area contributed by atoms with Crippen LogP contribution >= 0.6 is 0 Å². The fourth-order valence-electron chi connectivity index (χ4n) is 3.15. The van der Waals surface area contributed by atoms with Crippen molar-refractivity contribution in [2.45, 2.75) is 17.9 Å². The van der Waals surface area contributed by atoms with Crippen molar-refractivity contribution in [2.75, 3.05) is 38.3 Å². The summed E-state index contributed by atoms with van der Waals surface area (Å²) >= 11 is 0. The van der Waals surface area contributed by atoms with Gasteiger partial charge in [0.1, 0.15) is 11.6 Å². The summed E-state index contributed by atoms with van der Waals surface area (Å²) in [5.74, 6) is 1.05. The molecule has 1 aromatic heterocycles. The summed E-state index contributed by atoms with van der Waals surface area (Å²) in [7, 11) is -1.40. The summed E-state index contributed by atoms with van der Waals surface area (Å²) in [4.78, 5) is 14.6. The lowest BCUT2D eigenvalue weighted by molar-refractivity contribution is -0.117. The van der Waals surface area contributed by atoms with E-state index in [1.165, 1.54) is 12.3 Å². The predicted molar refractivity (Wildman–Crippen MR) is 124 cm³/mol. The molecule has 32 heavy (non-hydrogen) atoms. The first-order chi connectivity index (χ1) is 15.3. The molecule has 0 bridgehead atoms. The zero-order chi connectivity index (χ0) is 23.0. The van der Waals surface area contributed by atoms with Crippen LogP contribution in [-0.2, 0) is 21.2 Å². The number of sulfone groups is 1. The SMILES string of the molecule is CN(CCCOc1cccc(S(C)(=O)=O)c1)CC(=O)Nc1ccnn1Cc1ccccc1. The number of benzene rings is 2. The van der Waals surface area contributed by atoms with Gasteiger partial charge in [-0.05, 0) is 37.2 Å². The highest BCUT2D eigenvalue weighted by molar-refractivity contribution is 7.90. The topological polar surface area (TPSA) is 93.5 Å². The second-order valence-corrected chi connectivity index (χ2v) is 9.61. The minimum Gasteiger partial charge on any atom is -0.494 e. The lowest BCUT2D eigenvalue weighted by atomic mass is 10.2. The van der Waals surface area contributed by atoms with Crippen LogP contribution in [0.4, 0.5) is 5.82 Å². The fourth-order valence-corrected chi connectivity index (χ4v) is 3.80. The molecule has 0 aliphatic carbocycles. The molecule has 1 N–H and O–H groups in total. The van der Waals surface area contributed by atoms with E-state index >= 15 is 0 Å². The molecule has 0 atom stereocenters. The van der Waals surface area contributed by atoms with Crippen molar-refractivity contribution in [3.05, 3.63) is 72.4 Å². The van der Waals surface area contributed by atoms with Crippen molar-refractivity contribution in [1.82, 2.24) is 14.7 Å². The number of rotatable bonds is 11. The maximum Gasteiger partial charge on any atom is 0.239 e. The first-order valence-corrected chi connectivity index (χ1v) is 12.2. The van der Waals surface area contributed by atoms with Gasteiger partial charge in [0, 0.05) is 18.9 Å². The summed E-state index contributed by atoms with van der Waals surface area (Å²) < 4.78 is 30.7. The number of nitrogens with zero attached hydrogens (tertiary/aromatic N) is 3. The standard InChI is InChI=1S/C23H28N4O4S/c1-26(14-7-15-31-20-10-6-11-21(16-20)32(2,29)30)18-23(28)25-22-12-13-24-27(22)17-19-8-4-3-5-9-19/h3-6,8-13,16H,7,14-15,17-18H2,1-2H3,(H,25,28). The van der Waals surface area contributed by atoms with Crippen molar-refractivity contribution in [1.29, 1.82) is 0 Å². The maximum absolute atomic E-state index is 12.4. The van der Waals surface area contributed by atoms with Crippen molar-refractivity contribution >= 4 is 21.6 Å². The Morgan fingerprint density at radius 1 is 1.12 bits per heavy atom. The van der Waals surface area contributed by atoms with Crippen LogP contribution in [0.15, 0.2) is 71.8 Å². The van der Waals surface area contributed by atoms with Gasteiger partial charge in [0.2, 0.25) is 5.91 Å². The Labute approximate surface area is 188 Å². The van der Waals surface area contributed by atoms with Gasteiger partial charge in [-0.3, -0.25) is 9.69 Å². The summed E-state index contributed by atoms with van der Waals surface area (Å²) in [5.41, 5.74) is 1.10. The quantitative estimate of drug-likeness (QED) is 0.446. The highest BCUT2D eigenvalue weighted by Crippen LogP contribution is 2.17. The lowest BCUT2D eigenvalue weighted by Gasteiger charge is -2.17. The minimum atomic E-state index is -3.26. The van der Waals surface area contributed by atoms with Gasteiger partial charge in [-0.2, -0.15) is 5.10 Å². The number of amides is 1. The third-order valence-corrected chi connectivity index (χ3v) is 5.87. The van der Waals surface area contributed by atoms with E-state index in [1.54, 1.807) is 35.1 Å². The Bertz CT molecular complexity index is 1130. The highest BCUT2D eigenvalue weighted by Gasteiger charge is 2.11. The van der Waals surface area contributed by atoms with Crippen LogP contribution in [0.25, 0.3) is 0 Å². The number of nitrogens with one attached hydrogen (secondary N) is 1. The smallest absolute Gasteiger partial charge is 0.239 e. The zero-order valence-electron chi connectivity index (χ0n) is 18.3. The van der Waals surface area contributed by atoms with Gasteiger partial charge >= 0.3 is 0 Å². The largest absolute Gasteiger partial charge is 0.494 e. The normalized spacial score (nSPS) is 11.5. The van der Waals surface area contributed by atoms with Gasteiger partial charge in [-0.1, -0.05) is 36.4 Å². The van der Waals surface area contributed by atoms with E-state index in [9.17, 15) is 13.2 Å². The summed E-state index contributed by atoms with van der Waals surface area (Å²) in [6.07, 6.45) is 3.53. The van der Waals surface area contributed by atoms with Gasteiger partial charge in [0.05, 0.1) is 30.8 Å². The molecule has 1 amide bonds. The minimum absolute atomic E-state index is 0.121. The molecule has 170 valence electrons. The Kier molecular flexibility index (Phi) is 8.02. The van der Waals surface area contributed by atoms with Crippen molar-refractivity contribution in [2.24, 2.45) is 0 Å². The number of aromatic nitrogens is 2. The van der Waals surface area contributed by atoms with E-state index in [0.29, 0.717) is 37.7 Å². The summed E-state index contributed by atoms with van der Waals surface area (Å²) in [6, 6.07) is 18.2. The molecule has 2 aromatic carbocycles. The third kappa shape index (κ3) is 7.21. The average molecular weight is 457 g/mol. The molecule has 0 fully saturated rings. The lowest BCUT2D eigenvalue weighted by Crippen LogP contribution is -2.32. The molecule has 3 rings (SSSR count). The van der Waals surface area contributed by atoms with Crippen molar-refractivity contribution in [3.8, 4) is 5.75 Å². The first-order valence-electron chi connectivity index (χ1n) is 10.3. The molecule has 0 radical (unpaired) electrons. The van der Waals surface area contributed by atoms with Gasteiger partial charge in [-0.25, -0.2) is 13.1 Å². The van der Waals surface area contributed by atoms with Crippen LogP contribution in [0.1, 0.15) is 12.0 Å². The molecule has 0 saturated carbocycles. The molecular formula is C23H28N4O4S. The van der Waals surface area contributed by atoms with Crippen LogP contribution in [-0.4, -0.2) is 62.0 Å². The van der Waals surface area contributed by atoms with Crippen LogP contribution < -0.4 is 10.1 Å². The Balaban J connectivity index is 1.41. The maximum atomic E-state index is 12.4. The summed E-state index contributed by atoms with van der Waals surface area (Å²) in [6.45, 7) is 1.89. The van der Waals surface area contributed by atoms with E-state index in [1.807, 2.05) is 42.3 Å². The van der Waals surface area contributed by atoms with Gasteiger partial charge in [-0.15, -0.1) is 0 Å². The number of likely N-dealkylation sites (N-methyl/N-ethyl adjacent to an activating group) is 1. The molecule has 9 heteroatoms. The Morgan fingerprint density at radius 3 is 2.66 bits per heavy atom. The van der Waals surface area contributed by atoms with Gasteiger partial charge in [0.25, 0.3) is 0 Å². The first kappa shape index (κ1) is 23.5. The molecular weight excluding hydrogens is 428 g/mol. The summed E-state index contributed by atoms with van der Waals surface area (Å²) in [5, 5.41) is 7.20. The molecule has 0 spiro atoms. The van der Waals surface area contributed by atoms with E-state index in [0.717, 1.165) is 5.56 Å². The molecule has 3 aromatic rings. The molecule has 8 nitrogen and oxygen atoms in total. The molecule has 0 saturated heterocycles. The number of anilines is 1. The van der Waals surface area contributed by atoms with E-state index in [2.05, 4.69) is 10.4 Å². The van der Waals surface area contributed by atoms with Crippen LogP contribution in [0.3, 0.4) is 0 Å². The zero-order valence-corrected chi connectivity index (χ0v) is 19.1. The molecule has 0 aliphatic heterocycles. The molecule has 0 aliphatic rings. The highest BCUT2D eigenvalue weighted by atomic mass is 32.2. The third-order valence-electron chi connectivity index (χ3n) is 4.76. The number of carbonyl (C=O) groups excluding carboxylic acids is 1. The second-order valence-electron chi connectivity index (χ2n) is 7.59. The average Bonchev–Trinajstić information content (AvgIpc) is 3.18. The van der Waals surface area contributed by atoms with Gasteiger partial charge < -0.3 is 10.1 Å². The van der Waals surface area contributed by atoms with Crippen molar-refractivity contribution in [3.63, 3.8) is 0 Å². The second kappa shape index (κ2) is 10.9.